The number of carbonyl (C=O) groups is 1. The Morgan fingerprint density at radius 3 is 2.22 bits per heavy atom. The molecular formula is C21H24F2N2O2. The molecule has 144 valence electrons. The summed E-state index contributed by atoms with van der Waals surface area (Å²) < 4.78 is 28.6. The van der Waals surface area contributed by atoms with Gasteiger partial charge in [0.05, 0.1) is 0 Å². The second-order valence-electron chi connectivity index (χ2n) is 6.74. The topological polar surface area (TPSA) is 41.6 Å². The van der Waals surface area contributed by atoms with Gasteiger partial charge in [0.25, 0.3) is 5.91 Å². The molecule has 2 aromatic carbocycles. The molecule has 4 nitrogen and oxygen atoms in total. The van der Waals surface area contributed by atoms with Crippen molar-refractivity contribution in [3.8, 4) is 5.75 Å². The average molecular weight is 374 g/mol. The Morgan fingerprint density at radius 1 is 0.963 bits per heavy atom. The van der Waals surface area contributed by atoms with E-state index in [0.717, 1.165) is 25.2 Å². The number of halogens is 2. The van der Waals surface area contributed by atoms with E-state index >= 15 is 0 Å². The molecule has 1 fully saturated rings. The fraction of sp³-hybridized carbons (Fsp3) is 0.381. The van der Waals surface area contributed by atoms with Gasteiger partial charge in [-0.05, 0) is 61.3 Å². The van der Waals surface area contributed by atoms with E-state index in [1.807, 2.05) is 24.3 Å². The smallest absolute Gasteiger partial charge is 0.387 e. The minimum absolute atomic E-state index is 0.101. The maximum atomic E-state index is 12.3. The molecule has 0 aliphatic carbocycles. The van der Waals surface area contributed by atoms with Crippen LogP contribution < -0.4 is 10.1 Å². The number of piperidine rings is 1. The fourth-order valence-corrected chi connectivity index (χ4v) is 3.21. The van der Waals surface area contributed by atoms with Crippen molar-refractivity contribution in [3.63, 3.8) is 0 Å². The number of benzene rings is 2. The van der Waals surface area contributed by atoms with E-state index in [1.54, 1.807) is 12.1 Å². The van der Waals surface area contributed by atoms with Gasteiger partial charge in [-0.3, -0.25) is 9.69 Å². The molecular weight excluding hydrogens is 350 g/mol. The summed E-state index contributed by atoms with van der Waals surface area (Å²) >= 11 is 0. The lowest BCUT2D eigenvalue weighted by Crippen LogP contribution is -2.29. The standard InChI is InChI=1S/C21H24F2N2O2/c22-21(23)27-19-10-6-16(7-11-19)14-24-20(26)18-8-4-17(5-9-18)15-25-12-2-1-3-13-25/h4-11,21H,1-3,12-15H2,(H,24,26). The molecule has 1 saturated heterocycles. The van der Waals surface area contributed by atoms with Crippen LogP contribution in [0, 0.1) is 0 Å². The van der Waals surface area contributed by atoms with Crippen LogP contribution in [0.4, 0.5) is 8.78 Å². The number of amides is 1. The van der Waals surface area contributed by atoms with Gasteiger partial charge >= 0.3 is 6.61 Å². The number of rotatable bonds is 7. The van der Waals surface area contributed by atoms with Gasteiger partial charge in [0, 0.05) is 18.7 Å². The van der Waals surface area contributed by atoms with Gasteiger partial charge in [-0.25, -0.2) is 0 Å². The van der Waals surface area contributed by atoms with Crippen molar-refractivity contribution < 1.29 is 18.3 Å². The first-order chi connectivity index (χ1) is 13.1. The SMILES string of the molecule is O=C(NCc1ccc(OC(F)F)cc1)c1ccc(CN2CCCCC2)cc1. The van der Waals surface area contributed by atoms with E-state index in [9.17, 15) is 13.6 Å². The van der Waals surface area contributed by atoms with E-state index in [0.29, 0.717) is 12.1 Å². The predicted molar refractivity (Wildman–Crippen MR) is 99.8 cm³/mol. The highest BCUT2D eigenvalue weighted by Crippen LogP contribution is 2.16. The van der Waals surface area contributed by atoms with Crippen LogP contribution >= 0.6 is 0 Å². The molecule has 0 saturated carbocycles. The number of nitrogens with zero attached hydrogens (tertiary/aromatic N) is 1. The van der Waals surface area contributed by atoms with Gasteiger partial charge in [0.15, 0.2) is 0 Å². The first-order valence-electron chi connectivity index (χ1n) is 9.23. The number of alkyl halides is 2. The van der Waals surface area contributed by atoms with Crippen molar-refractivity contribution in [3.05, 3.63) is 65.2 Å². The van der Waals surface area contributed by atoms with E-state index in [2.05, 4.69) is 15.0 Å². The van der Waals surface area contributed by atoms with Crippen molar-refractivity contribution in [1.82, 2.24) is 10.2 Å². The van der Waals surface area contributed by atoms with Gasteiger partial charge in [0.2, 0.25) is 0 Å². The van der Waals surface area contributed by atoms with Gasteiger partial charge in [-0.1, -0.05) is 30.7 Å². The number of likely N-dealkylation sites (tertiary alicyclic amines) is 1. The molecule has 27 heavy (non-hydrogen) atoms. The molecule has 0 atom stereocenters. The lowest BCUT2D eigenvalue weighted by atomic mass is 10.1. The Bertz CT molecular complexity index is 727. The van der Waals surface area contributed by atoms with E-state index in [-0.39, 0.29) is 11.7 Å². The zero-order valence-corrected chi connectivity index (χ0v) is 15.2. The van der Waals surface area contributed by atoms with Gasteiger partial charge in [0.1, 0.15) is 5.75 Å². The lowest BCUT2D eigenvalue weighted by molar-refractivity contribution is -0.0498. The summed E-state index contributed by atoms with van der Waals surface area (Å²) in [4.78, 5) is 14.7. The van der Waals surface area contributed by atoms with Crippen LogP contribution in [-0.4, -0.2) is 30.5 Å². The Labute approximate surface area is 158 Å². The van der Waals surface area contributed by atoms with Crippen LogP contribution in [0.5, 0.6) is 5.75 Å². The number of hydrogen-bond donors (Lipinski definition) is 1. The summed E-state index contributed by atoms with van der Waals surface area (Å²) in [6.45, 7) is 0.693. The molecule has 1 amide bonds. The highest BCUT2D eigenvalue weighted by atomic mass is 19.3. The quantitative estimate of drug-likeness (QED) is 0.790. The van der Waals surface area contributed by atoms with E-state index in [1.165, 1.54) is 37.0 Å². The summed E-state index contributed by atoms with van der Waals surface area (Å²) in [6.07, 6.45) is 3.84. The molecule has 1 aliphatic rings. The Hall–Kier alpha value is -2.47. The number of carbonyl (C=O) groups excluding carboxylic acids is 1. The fourth-order valence-electron chi connectivity index (χ4n) is 3.21. The number of nitrogens with one attached hydrogen (secondary N) is 1. The Kier molecular flexibility index (Phi) is 6.76. The average Bonchev–Trinajstić information content (AvgIpc) is 2.68. The van der Waals surface area contributed by atoms with Crippen LogP contribution in [0.3, 0.4) is 0 Å². The summed E-state index contributed by atoms with van der Waals surface area (Å²) in [5, 5.41) is 2.84. The first kappa shape index (κ1) is 19.3. The second kappa shape index (κ2) is 9.46. The molecule has 3 rings (SSSR count). The van der Waals surface area contributed by atoms with E-state index < -0.39 is 6.61 Å². The molecule has 1 heterocycles. The van der Waals surface area contributed by atoms with Crippen LogP contribution in [0.2, 0.25) is 0 Å². The Balaban J connectivity index is 1.48. The van der Waals surface area contributed by atoms with Crippen LogP contribution in [-0.2, 0) is 13.1 Å². The van der Waals surface area contributed by atoms with Crippen LogP contribution in [0.25, 0.3) is 0 Å². The van der Waals surface area contributed by atoms with Crippen molar-refractivity contribution in [1.29, 1.82) is 0 Å². The molecule has 0 radical (unpaired) electrons. The highest BCUT2D eigenvalue weighted by molar-refractivity contribution is 5.94. The molecule has 2 aromatic rings. The molecule has 6 heteroatoms. The minimum atomic E-state index is -2.84. The summed E-state index contributed by atoms with van der Waals surface area (Å²) in [5.74, 6) is -0.0585. The van der Waals surface area contributed by atoms with Crippen molar-refractivity contribution >= 4 is 5.91 Å². The Morgan fingerprint density at radius 2 is 1.59 bits per heavy atom. The zero-order chi connectivity index (χ0) is 19.1. The van der Waals surface area contributed by atoms with Gasteiger partial charge < -0.3 is 10.1 Å². The van der Waals surface area contributed by atoms with Gasteiger partial charge in [-0.2, -0.15) is 8.78 Å². The van der Waals surface area contributed by atoms with Gasteiger partial charge in [-0.15, -0.1) is 0 Å². The summed E-state index contributed by atoms with van der Waals surface area (Å²) in [7, 11) is 0. The first-order valence-corrected chi connectivity index (χ1v) is 9.23. The summed E-state index contributed by atoms with van der Waals surface area (Å²) in [6, 6.07) is 13.9. The van der Waals surface area contributed by atoms with Crippen LogP contribution in [0.15, 0.2) is 48.5 Å². The second-order valence-corrected chi connectivity index (χ2v) is 6.74. The maximum Gasteiger partial charge on any atom is 0.387 e. The molecule has 0 spiro atoms. The van der Waals surface area contributed by atoms with Crippen molar-refractivity contribution in [2.75, 3.05) is 13.1 Å². The molecule has 0 bridgehead atoms. The zero-order valence-electron chi connectivity index (χ0n) is 15.2. The molecule has 1 N–H and O–H groups in total. The highest BCUT2D eigenvalue weighted by Gasteiger charge is 2.11. The number of ether oxygens (including phenoxy) is 1. The third kappa shape index (κ3) is 6.03. The predicted octanol–water partition coefficient (Wildman–Crippen LogP) is 4.20. The number of hydrogen-bond acceptors (Lipinski definition) is 3. The molecule has 0 aromatic heterocycles. The third-order valence-corrected chi connectivity index (χ3v) is 4.67. The molecule has 0 unspecified atom stereocenters. The van der Waals surface area contributed by atoms with E-state index in [4.69, 9.17) is 0 Å². The monoisotopic (exact) mass is 374 g/mol. The summed E-state index contributed by atoms with van der Waals surface area (Å²) in [5.41, 5.74) is 2.63. The van der Waals surface area contributed by atoms with Crippen molar-refractivity contribution in [2.45, 2.75) is 39.0 Å². The minimum Gasteiger partial charge on any atom is -0.435 e. The third-order valence-electron chi connectivity index (χ3n) is 4.67. The lowest BCUT2D eigenvalue weighted by Gasteiger charge is -2.26. The van der Waals surface area contributed by atoms with Crippen LogP contribution in [0.1, 0.15) is 40.7 Å². The largest absolute Gasteiger partial charge is 0.435 e. The maximum absolute atomic E-state index is 12.3. The molecule has 1 aliphatic heterocycles. The normalized spacial score (nSPS) is 14.9. The van der Waals surface area contributed by atoms with Crippen molar-refractivity contribution in [2.24, 2.45) is 0 Å².